The van der Waals surface area contributed by atoms with E-state index in [2.05, 4.69) is 0 Å². The van der Waals surface area contributed by atoms with E-state index in [9.17, 15) is 9.90 Å². The van der Waals surface area contributed by atoms with Crippen molar-refractivity contribution in [3.05, 3.63) is 71.8 Å². The number of esters is 1. The monoisotopic (exact) mass is 428 g/mol. The highest BCUT2D eigenvalue weighted by Gasteiger charge is 2.65. The average molecular weight is 428 g/mol. The van der Waals surface area contributed by atoms with E-state index in [1.807, 2.05) is 36.4 Å². The summed E-state index contributed by atoms with van der Waals surface area (Å²) in [5.74, 6) is -1.73. The zero-order valence-electron chi connectivity index (χ0n) is 17.6. The van der Waals surface area contributed by atoms with Crippen molar-refractivity contribution < 1.29 is 33.6 Å². The van der Waals surface area contributed by atoms with Gasteiger partial charge in [-0.1, -0.05) is 48.5 Å². The molecule has 1 saturated heterocycles. The number of methoxy groups -OCH3 is 1. The van der Waals surface area contributed by atoms with Crippen LogP contribution in [-0.4, -0.2) is 61.6 Å². The first-order chi connectivity index (χ1) is 15.1. The molecule has 1 saturated carbocycles. The highest BCUT2D eigenvalue weighted by atomic mass is 16.8. The minimum atomic E-state index is -1.66. The third kappa shape index (κ3) is 4.37. The fraction of sp³-hybridized carbons (Fsp3) is 0.458. The third-order valence-electron chi connectivity index (χ3n) is 5.94. The average Bonchev–Trinajstić information content (AvgIpc) is 3.28. The molecule has 1 spiro atoms. The van der Waals surface area contributed by atoms with Crippen LogP contribution in [0.15, 0.2) is 60.7 Å². The summed E-state index contributed by atoms with van der Waals surface area (Å²) in [5.41, 5.74) is -0.243. The van der Waals surface area contributed by atoms with E-state index >= 15 is 0 Å². The second-order valence-corrected chi connectivity index (χ2v) is 7.86. The van der Waals surface area contributed by atoms with Crippen LogP contribution in [0.2, 0.25) is 0 Å². The summed E-state index contributed by atoms with van der Waals surface area (Å²) >= 11 is 0. The maximum absolute atomic E-state index is 12.6. The molecule has 7 heteroatoms. The molecule has 2 aromatic rings. The lowest BCUT2D eigenvalue weighted by atomic mass is 9.75. The Morgan fingerprint density at radius 3 is 2.35 bits per heavy atom. The number of hydrogen-bond donors (Lipinski definition) is 1. The number of hydrogen-bond acceptors (Lipinski definition) is 7. The predicted octanol–water partition coefficient (Wildman–Crippen LogP) is 2.71. The van der Waals surface area contributed by atoms with Crippen LogP contribution in [0, 0.1) is 0 Å². The maximum Gasteiger partial charge on any atom is 0.338 e. The van der Waals surface area contributed by atoms with Crippen LogP contribution in [-0.2, 0) is 30.3 Å². The number of rotatable bonds is 7. The van der Waals surface area contributed by atoms with Crippen LogP contribution in [0.4, 0.5) is 0 Å². The fourth-order valence-electron chi connectivity index (χ4n) is 4.41. The lowest BCUT2D eigenvalue weighted by molar-refractivity contribution is -0.342. The van der Waals surface area contributed by atoms with Gasteiger partial charge in [0.2, 0.25) is 5.79 Å². The molecule has 0 bridgehead atoms. The minimum absolute atomic E-state index is 0.0974. The van der Waals surface area contributed by atoms with E-state index in [-0.39, 0.29) is 6.61 Å². The van der Waals surface area contributed by atoms with Gasteiger partial charge in [0.1, 0.15) is 12.2 Å². The smallest absolute Gasteiger partial charge is 0.338 e. The topological polar surface area (TPSA) is 83.5 Å². The largest absolute Gasteiger partial charge is 0.456 e. The number of carbonyl (C=O) groups is 1. The second-order valence-electron chi connectivity index (χ2n) is 7.86. The molecule has 2 fully saturated rings. The van der Waals surface area contributed by atoms with Gasteiger partial charge in [-0.15, -0.1) is 0 Å². The first-order valence-corrected chi connectivity index (χ1v) is 10.5. The van der Waals surface area contributed by atoms with Gasteiger partial charge in [-0.25, -0.2) is 4.79 Å². The van der Waals surface area contributed by atoms with Crippen molar-refractivity contribution in [1.29, 1.82) is 0 Å². The van der Waals surface area contributed by atoms with E-state index in [1.54, 1.807) is 24.3 Å². The summed E-state index contributed by atoms with van der Waals surface area (Å²) in [5, 5.41) is 11.8. The normalized spacial score (nSPS) is 27.3. The van der Waals surface area contributed by atoms with Crippen molar-refractivity contribution in [1.82, 2.24) is 0 Å². The van der Waals surface area contributed by atoms with Gasteiger partial charge < -0.3 is 28.8 Å². The van der Waals surface area contributed by atoms with Gasteiger partial charge in [-0.2, -0.15) is 0 Å². The molecule has 0 aromatic heterocycles. The Kier molecular flexibility index (Phi) is 6.69. The molecule has 2 aromatic carbocycles. The van der Waals surface area contributed by atoms with Crippen molar-refractivity contribution in [3.8, 4) is 0 Å². The quantitative estimate of drug-likeness (QED) is 0.679. The SMILES string of the molecule is CO[C@@H]1[C@H](OC(=O)c2ccccc2)CCC2(OCCO2)[C@@]1(O)COCc1ccccc1. The maximum atomic E-state index is 12.6. The van der Waals surface area contributed by atoms with Gasteiger partial charge >= 0.3 is 5.97 Å². The van der Waals surface area contributed by atoms with Crippen molar-refractivity contribution in [2.24, 2.45) is 0 Å². The first kappa shape index (κ1) is 21.9. The zero-order chi connectivity index (χ0) is 21.7. The summed E-state index contributed by atoms with van der Waals surface area (Å²) in [6.45, 7) is 0.946. The van der Waals surface area contributed by atoms with E-state index in [0.29, 0.717) is 38.2 Å². The van der Waals surface area contributed by atoms with E-state index < -0.39 is 29.6 Å². The molecular formula is C24H28O7. The Balaban J connectivity index is 1.53. The number of benzene rings is 2. The highest BCUT2D eigenvalue weighted by Crippen LogP contribution is 2.46. The van der Waals surface area contributed by atoms with Crippen molar-refractivity contribution in [2.75, 3.05) is 26.9 Å². The molecule has 0 unspecified atom stereocenters. The van der Waals surface area contributed by atoms with E-state index in [4.69, 9.17) is 23.7 Å². The minimum Gasteiger partial charge on any atom is -0.456 e. The van der Waals surface area contributed by atoms with E-state index in [0.717, 1.165) is 5.56 Å². The molecule has 166 valence electrons. The molecule has 31 heavy (non-hydrogen) atoms. The molecule has 0 radical (unpaired) electrons. The Morgan fingerprint density at radius 1 is 1.06 bits per heavy atom. The van der Waals surface area contributed by atoms with Gasteiger partial charge in [0.25, 0.3) is 0 Å². The van der Waals surface area contributed by atoms with Gasteiger partial charge in [0.05, 0.1) is 32.0 Å². The van der Waals surface area contributed by atoms with Crippen LogP contribution in [0.5, 0.6) is 0 Å². The van der Waals surface area contributed by atoms with Crippen LogP contribution in [0.25, 0.3) is 0 Å². The van der Waals surface area contributed by atoms with Crippen LogP contribution in [0.3, 0.4) is 0 Å². The van der Waals surface area contributed by atoms with Crippen molar-refractivity contribution in [3.63, 3.8) is 0 Å². The van der Waals surface area contributed by atoms with Gasteiger partial charge in [-0.05, 0) is 24.1 Å². The molecule has 3 atom stereocenters. The Bertz CT molecular complexity index is 851. The number of aliphatic hydroxyl groups is 1. The first-order valence-electron chi connectivity index (χ1n) is 10.5. The molecule has 4 rings (SSSR count). The molecule has 0 amide bonds. The van der Waals surface area contributed by atoms with Gasteiger partial charge in [0.15, 0.2) is 5.60 Å². The summed E-state index contributed by atoms with van der Waals surface area (Å²) in [6.07, 6.45) is -0.785. The van der Waals surface area contributed by atoms with Crippen molar-refractivity contribution in [2.45, 2.75) is 43.0 Å². The molecule has 1 heterocycles. The predicted molar refractivity (Wildman–Crippen MR) is 111 cm³/mol. The highest BCUT2D eigenvalue weighted by molar-refractivity contribution is 5.89. The second kappa shape index (κ2) is 9.46. The van der Waals surface area contributed by atoms with Crippen LogP contribution in [0.1, 0.15) is 28.8 Å². The molecule has 7 nitrogen and oxygen atoms in total. The fourth-order valence-corrected chi connectivity index (χ4v) is 4.41. The Hall–Kier alpha value is -2.29. The lowest BCUT2D eigenvalue weighted by Gasteiger charge is -2.51. The Labute approximate surface area is 181 Å². The van der Waals surface area contributed by atoms with Crippen molar-refractivity contribution >= 4 is 5.97 Å². The molecular weight excluding hydrogens is 400 g/mol. The van der Waals surface area contributed by atoms with Gasteiger partial charge in [-0.3, -0.25) is 0 Å². The third-order valence-corrected chi connectivity index (χ3v) is 5.94. The van der Waals surface area contributed by atoms with E-state index in [1.165, 1.54) is 7.11 Å². The molecule has 1 aliphatic carbocycles. The Morgan fingerprint density at radius 2 is 1.71 bits per heavy atom. The number of carbonyl (C=O) groups excluding carboxylic acids is 1. The summed E-state index contributed by atoms with van der Waals surface area (Å²) in [7, 11) is 1.48. The summed E-state index contributed by atoms with van der Waals surface area (Å²) < 4.78 is 29.1. The molecule has 2 aliphatic rings. The summed E-state index contributed by atoms with van der Waals surface area (Å²) in [6, 6.07) is 18.4. The summed E-state index contributed by atoms with van der Waals surface area (Å²) in [4.78, 5) is 12.6. The number of ether oxygens (including phenoxy) is 5. The van der Waals surface area contributed by atoms with Crippen LogP contribution < -0.4 is 0 Å². The molecule has 1 N–H and O–H groups in total. The van der Waals surface area contributed by atoms with Crippen LogP contribution >= 0.6 is 0 Å². The van der Waals surface area contributed by atoms with Gasteiger partial charge in [0, 0.05) is 13.5 Å². The standard InChI is InChI=1S/C24H28O7/c1-27-21-20(31-22(25)19-10-6-3-7-11-19)12-13-24(29-14-15-30-24)23(21,26)17-28-16-18-8-4-2-5-9-18/h2-11,20-21,26H,12-17H2,1H3/t20-,21-,23-/m1/s1. The lowest BCUT2D eigenvalue weighted by Crippen LogP contribution is -2.71. The molecule has 1 aliphatic heterocycles. The zero-order valence-corrected chi connectivity index (χ0v) is 17.6.